The summed E-state index contributed by atoms with van der Waals surface area (Å²) in [5, 5.41) is 3.66. The molecule has 0 fully saturated rings. The summed E-state index contributed by atoms with van der Waals surface area (Å²) in [5.41, 5.74) is 5.95. The Labute approximate surface area is 149 Å². The van der Waals surface area contributed by atoms with Crippen molar-refractivity contribution in [2.75, 3.05) is 6.54 Å². The minimum absolute atomic E-state index is 0. The number of carbonyl (C=O) groups excluding carboxylic acids is 1. The molecule has 5 nitrogen and oxygen atoms in total. The van der Waals surface area contributed by atoms with E-state index in [-0.39, 0.29) is 29.8 Å². The molecule has 0 saturated heterocycles. The van der Waals surface area contributed by atoms with Gasteiger partial charge in [0.15, 0.2) is 0 Å². The zero-order valence-corrected chi connectivity index (χ0v) is 15.7. The van der Waals surface area contributed by atoms with E-state index in [4.69, 9.17) is 5.73 Å². The highest BCUT2D eigenvalue weighted by Crippen LogP contribution is 2.22. The molecule has 0 aliphatic carbocycles. The Hall–Kier alpha value is -1.37. The third-order valence-electron chi connectivity index (χ3n) is 4.15. The first-order chi connectivity index (χ1) is 10.3. The number of rotatable bonds is 4. The number of aromatic nitrogens is 1. The summed E-state index contributed by atoms with van der Waals surface area (Å²) in [5.74, 6) is -0.128. The SMILES string of the molecule is CC(C)C(C)(CN)NC(=O)c1cc(=O)[nH]c2ccc(Br)cc12.Cl. The zero-order chi connectivity index (χ0) is 16.5. The molecule has 1 aromatic heterocycles. The van der Waals surface area contributed by atoms with Crippen molar-refractivity contribution in [2.24, 2.45) is 11.7 Å². The molecule has 1 atom stereocenters. The van der Waals surface area contributed by atoms with Crippen molar-refractivity contribution >= 4 is 45.1 Å². The van der Waals surface area contributed by atoms with Gasteiger partial charge in [-0.1, -0.05) is 29.8 Å². The van der Waals surface area contributed by atoms with Crippen LogP contribution in [0.3, 0.4) is 0 Å². The fourth-order valence-electron chi connectivity index (χ4n) is 2.17. The summed E-state index contributed by atoms with van der Waals surface area (Å²) >= 11 is 3.39. The summed E-state index contributed by atoms with van der Waals surface area (Å²) in [6, 6.07) is 6.72. The fraction of sp³-hybridized carbons (Fsp3) is 0.375. The molecule has 1 amide bonds. The summed E-state index contributed by atoms with van der Waals surface area (Å²) in [7, 11) is 0. The van der Waals surface area contributed by atoms with E-state index in [1.807, 2.05) is 32.9 Å². The monoisotopic (exact) mass is 401 g/mol. The number of H-pyrrole nitrogens is 1. The minimum Gasteiger partial charge on any atom is -0.345 e. The normalized spacial score (nSPS) is 13.5. The predicted octanol–water partition coefficient (Wildman–Crippen LogP) is 2.82. The molecule has 1 heterocycles. The lowest BCUT2D eigenvalue weighted by molar-refractivity contribution is 0.0885. The van der Waals surface area contributed by atoms with Crippen LogP contribution in [0.1, 0.15) is 31.1 Å². The van der Waals surface area contributed by atoms with Crippen molar-refractivity contribution in [3.63, 3.8) is 0 Å². The van der Waals surface area contributed by atoms with Crippen molar-refractivity contribution < 1.29 is 4.79 Å². The smallest absolute Gasteiger partial charge is 0.252 e. The summed E-state index contributed by atoms with van der Waals surface area (Å²) in [6.45, 7) is 6.22. The van der Waals surface area contributed by atoms with E-state index in [0.717, 1.165) is 4.47 Å². The van der Waals surface area contributed by atoms with Gasteiger partial charge in [-0.3, -0.25) is 9.59 Å². The van der Waals surface area contributed by atoms with E-state index in [1.54, 1.807) is 6.07 Å². The molecule has 0 saturated carbocycles. The first kappa shape index (κ1) is 19.7. The van der Waals surface area contributed by atoms with Crippen LogP contribution in [0, 0.1) is 5.92 Å². The highest BCUT2D eigenvalue weighted by Gasteiger charge is 2.29. The van der Waals surface area contributed by atoms with Gasteiger partial charge in [0.1, 0.15) is 0 Å². The number of nitrogens with one attached hydrogen (secondary N) is 2. The Morgan fingerprint density at radius 3 is 2.61 bits per heavy atom. The van der Waals surface area contributed by atoms with Gasteiger partial charge in [-0.2, -0.15) is 0 Å². The summed E-state index contributed by atoms with van der Waals surface area (Å²) in [4.78, 5) is 27.2. The number of benzene rings is 1. The third kappa shape index (κ3) is 4.13. The van der Waals surface area contributed by atoms with Gasteiger partial charge in [-0.15, -0.1) is 12.4 Å². The lowest BCUT2D eigenvalue weighted by atomic mass is 9.88. The van der Waals surface area contributed by atoms with E-state index >= 15 is 0 Å². The van der Waals surface area contributed by atoms with Gasteiger partial charge < -0.3 is 16.0 Å². The molecule has 1 aromatic carbocycles. The molecule has 0 aliphatic rings. The third-order valence-corrected chi connectivity index (χ3v) is 4.64. The molecule has 0 bridgehead atoms. The summed E-state index contributed by atoms with van der Waals surface area (Å²) < 4.78 is 0.839. The highest BCUT2D eigenvalue weighted by atomic mass is 79.9. The number of aromatic amines is 1. The van der Waals surface area contributed by atoms with Crippen LogP contribution < -0.4 is 16.6 Å². The largest absolute Gasteiger partial charge is 0.345 e. The number of nitrogens with two attached hydrogens (primary N) is 1. The number of fused-ring (bicyclic) bond motifs is 1. The quantitative estimate of drug-likeness (QED) is 0.735. The van der Waals surface area contributed by atoms with E-state index in [1.165, 1.54) is 6.07 Å². The standard InChI is InChI=1S/C16H20BrN3O2.ClH/c1-9(2)16(3,8-18)20-15(22)12-7-14(21)19-13-5-4-10(17)6-11(12)13;/h4-7,9H,8,18H2,1-3H3,(H,19,21)(H,20,22);1H. The van der Waals surface area contributed by atoms with Gasteiger partial charge >= 0.3 is 0 Å². The van der Waals surface area contributed by atoms with Crippen molar-refractivity contribution in [1.82, 2.24) is 10.3 Å². The van der Waals surface area contributed by atoms with Gasteiger partial charge in [-0.25, -0.2) is 0 Å². The van der Waals surface area contributed by atoms with Crippen LogP contribution in [0.4, 0.5) is 0 Å². The first-order valence-electron chi connectivity index (χ1n) is 7.12. The van der Waals surface area contributed by atoms with E-state index in [2.05, 4.69) is 26.2 Å². The maximum absolute atomic E-state index is 12.7. The predicted molar refractivity (Wildman–Crippen MR) is 99.3 cm³/mol. The fourth-order valence-corrected chi connectivity index (χ4v) is 2.53. The second-order valence-electron chi connectivity index (χ2n) is 5.97. The molecule has 4 N–H and O–H groups in total. The van der Waals surface area contributed by atoms with Crippen LogP contribution in [0.2, 0.25) is 0 Å². The second-order valence-corrected chi connectivity index (χ2v) is 6.88. The molecule has 7 heteroatoms. The van der Waals surface area contributed by atoms with Crippen molar-refractivity contribution in [3.05, 3.63) is 44.7 Å². The topological polar surface area (TPSA) is 88.0 Å². The van der Waals surface area contributed by atoms with Gasteiger partial charge in [-0.05, 0) is 31.0 Å². The maximum atomic E-state index is 12.7. The van der Waals surface area contributed by atoms with Crippen molar-refractivity contribution in [1.29, 1.82) is 0 Å². The second kappa shape index (κ2) is 7.47. The van der Waals surface area contributed by atoms with Gasteiger partial charge in [0.25, 0.3) is 5.91 Å². The van der Waals surface area contributed by atoms with Crippen molar-refractivity contribution in [2.45, 2.75) is 26.3 Å². The zero-order valence-electron chi connectivity index (χ0n) is 13.3. The molecule has 126 valence electrons. The number of amides is 1. The molecule has 1 unspecified atom stereocenters. The molecule has 23 heavy (non-hydrogen) atoms. The number of pyridine rings is 1. The van der Waals surface area contributed by atoms with Crippen LogP contribution in [0.25, 0.3) is 10.9 Å². The minimum atomic E-state index is -0.530. The molecule has 0 spiro atoms. The summed E-state index contributed by atoms with van der Waals surface area (Å²) in [6.07, 6.45) is 0. The van der Waals surface area contributed by atoms with Gasteiger partial charge in [0.05, 0.1) is 11.1 Å². The Bertz CT molecular complexity index is 775. The van der Waals surface area contributed by atoms with Gasteiger partial charge in [0.2, 0.25) is 5.56 Å². The molecular formula is C16H21BrClN3O2. The number of hydrogen-bond donors (Lipinski definition) is 3. The number of carbonyl (C=O) groups is 1. The lowest BCUT2D eigenvalue weighted by Gasteiger charge is -2.33. The van der Waals surface area contributed by atoms with Crippen LogP contribution in [-0.2, 0) is 0 Å². The molecule has 0 aliphatic heterocycles. The average Bonchev–Trinajstić information content (AvgIpc) is 2.46. The molecular weight excluding hydrogens is 382 g/mol. The van der Waals surface area contributed by atoms with E-state index in [0.29, 0.717) is 23.0 Å². The van der Waals surface area contributed by atoms with Crippen LogP contribution in [-0.4, -0.2) is 23.0 Å². The number of halogens is 2. The Morgan fingerprint density at radius 1 is 1.39 bits per heavy atom. The maximum Gasteiger partial charge on any atom is 0.252 e. The average molecular weight is 403 g/mol. The van der Waals surface area contributed by atoms with E-state index in [9.17, 15) is 9.59 Å². The Kier molecular flexibility index (Phi) is 6.39. The van der Waals surface area contributed by atoms with Crippen LogP contribution >= 0.6 is 28.3 Å². The van der Waals surface area contributed by atoms with Gasteiger partial charge in [0, 0.05) is 28.0 Å². The van der Waals surface area contributed by atoms with Crippen molar-refractivity contribution in [3.8, 4) is 0 Å². The molecule has 2 rings (SSSR count). The van der Waals surface area contributed by atoms with Crippen LogP contribution in [0.5, 0.6) is 0 Å². The Morgan fingerprint density at radius 2 is 2.04 bits per heavy atom. The molecule has 2 aromatic rings. The highest BCUT2D eigenvalue weighted by molar-refractivity contribution is 9.10. The number of hydrogen-bond acceptors (Lipinski definition) is 3. The lowest BCUT2D eigenvalue weighted by Crippen LogP contribution is -2.55. The van der Waals surface area contributed by atoms with E-state index < -0.39 is 5.54 Å². The first-order valence-corrected chi connectivity index (χ1v) is 7.91. The van der Waals surface area contributed by atoms with Crippen LogP contribution in [0.15, 0.2) is 33.5 Å². The molecule has 0 radical (unpaired) electrons. The Balaban J connectivity index is 0.00000264.